The predicted octanol–water partition coefficient (Wildman–Crippen LogP) is 13.1. The van der Waals surface area contributed by atoms with Gasteiger partial charge < -0.3 is 0 Å². The van der Waals surface area contributed by atoms with Gasteiger partial charge in [0.2, 0.25) is 0 Å². The van der Waals surface area contributed by atoms with Crippen molar-refractivity contribution in [2.75, 3.05) is 0 Å². The monoisotopic (exact) mass is 668 g/mol. The van der Waals surface area contributed by atoms with E-state index in [1.165, 1.54) is 125 Å². The molecule has 0 N–H and O–H groups in total. The van der Waals surface area contributed by atoms with Gasteiger partial charge in [0.25, 0.3) is 0 Å². The third kappa shape index (κ3) is 10.5. The van der Waals surface area contributed by atoms with E-state index < -0.39 is 18.4 Å². The predicted molar refractivity (Wildman–Crippen MR) is 187 cm³/mol. The zero-order chi connectivity index (χ0) is 28.5. The first kappa shape index (κ1) is 33.7. The second-order valence-electron chi connectivity index (χ2n) is 12.5. The number of unbranched alkanes of at least 4 members (excludes halogenated alkanes) is 12. The van der Waals surface area contributed by atoms with Crippen LogP contribution in [0, 0.1) is 0 Å². The van der Waals surface area contributed by atoms with Crippen LogP contribution in [0.5, 0.6) is 0 Å². The molecule has 0 fully saturated rings. The number of hydrogen-bond donors (Lipinski definition) is 0. The van der Waals surface area contributed by atoms with E-state index in [0.29, 0.717) is 0 Å². The zero-order valence-corrected chi connectivity index (χ0v) is 30.3. The molecular formula is C38H60SSn. The molecule has 0 aliphatic carbocycles. The van der Waals surface area contributed by atoms with E-state index in [1.807, 2.05) is 2.89 Å². The van der Waals surface area contributed by atoms with Gasteiger partial charge in [-0.1, -0.05) is 19.8 Å². The molecule has 3 aromatic rings. The van der Waals surface area contributed by atoms with Crippen molar-refractivity contribution < 1.29 is 0 Å². The SMILES string of the molecule is CCCCCCCCCCCCc1c[c]([Sn]([CH2]CCC)([CH2]CCC)[CH2]CCC)sc1-c1ccc2ccccc2c1. The van der Waals surface area contributed by atoms with Crippen LogP contribution in [-0.4, -0.2) is 18.4 Å². The zero-order valence-electron chi connectivity index (χ0n) is 26.7. The first-order valence-corrected chi connectivity index (χ1v) is 25.6. The Bertz CT molecular complexity index is 1060. The van der Waals surface area contributed by atoms with Crippen LogP contribution in [0.25, 0.3) is 21.2 Å². The molecule has 1 heterocycles. The molecule has 0 bridgehead atoms. The van der Waals surface area contributed by atoms with Crippen molar-refractivity contribution in [3.63, 3.8) is 0 Å². The Balaban J connectivity index is 1.82. The molecule has 1 aromatic heterocycles. The third-order valence-corrected chi connectivity index (χ3v) is 28.6. The Morgan fingerprint density at radius 2 is 1.05 bits per heavy atom. The van der Waals surface area contributed by atoms with Gasteiger partial charge >= 0.3 is 238 Å². The first-order valence-electron chi connectivity index (χ1n) is 17.3. The molecule has 0 nitrogen and oxygen atoms in total. The van der Waals surface area contributed by atoms with E-state index in [1.54, 1.807) is 23.8 Å². The molecule has 0 saturated carbocycles. The summed E-state index contributed by atoms with van der Waals surface area (Å²) < 4.78 is 6.62. The summed E-state index contributed by atoms with van der Waals surface area (Å²) in [5.74, 6) is 0. The van der Waals surface area contributed by atoms with Crippen LogP contribution < -0.4 is 2.89 Å². The molecule has 40 heavy (non-hydrogen) atoms. The van der Waals surface area contributed by atoms with Gasteiger partial charge in [-0.05, 0) is 0 Å². The van der Waals surface area contributed by atoms with Crippen molar-refractivity contribution in [3.05, 3.63) is 54.1 Å². The summed E-state index contributed by atoms with van der Waals surface area (Å²) in [7, 11) is 0. The molecule has 0 radical (unpaired) electrons. The summed E-state index contributed by atoms with van der Waals surface area (Å²) in [5.41, 5.74) is 3.15. The van der Waals surface area contributed by atoms with Crippen molar-refractivity contribution in [3.8, 4) is 10.4 Å². The molecule has 222 valence electrons. The molecule has 0 spiro atoms. The summed E-state index contributed by atoms with van der Waals surface area (Å²) >= 11 is -0.192. The summed E-state index contributed by atoms with van der Waals surface area (Å²) in [6.07, 6.45) is 23.8. The molecule has 0 aliphatic heterocycles. The fourth-order valence-electron chi connectivity index (χ4n) is 6.54. The van der Waals surface area contributed by atoms with E-state index in [0.717, 1.165) is 0 Å². The Kier molecular flexibility index (Phi) is 16.3. The van der Waals surface area contributed by atoms with Gasteiger partial charge in [-0.15, -0.1) is 0 Å². The summed E-state index contributed by atoms with van der Waals surface area (Å²) in [6.45, 7) is 9.53. The maximum absolute atomic E-state index is 2.79. The summed E-state index contributed by atoms with van der Waals surface area (Å²) in [4.78, 5) is 1.61. The second-order valence-corrected chi connectivity index (χ2v) is 27.8. The van der Waals surface area contributed by atoms with Crippen LogP contribution in [-0.2, 0) is 6.42 Å². The molecule has 2 aromatic carbocycles. The molecule has 0 amide bonds. The van der Waals surface area contributed by atoms with Crippen molar-refractivity contribution in [1.82, 2.24) is 0 Å². The quantitative estimate of drug-likeness (QED) is 0.0739. The fraction of sp³-hybridized carbons (Fsp3) is 0.632. The number of thiophene rings is 1. The van der Waals surface area contributed by atoms with Gasteiger partial charge in [-0.25, -0.2) is 0 Å². The van der Waals surface area contributed by atoms with Crippen molar-refractivity contribution in [2.45, 2.75) is 150 Å². The standard InChI is InChI=1S/C26H33S.3C4H9.Sn/c1-2-3-4-5-6-7-8-9-10-11-15-23-19-20-27-26(23)25-18-17-22-14-12-13-16-24(22)21-25;3*1-3-4-2;/h12-14,16-19,21H,2-11,15H2,1H3;3*1,3-4H2,2H3;. The van der Waals surface area contributed by atoms with E-state index in [9.17, 15) is 0 Å². The van der Waals surface area contributed by atoms with Gasteiger partial charge in [0, 0.05) is 0 Å². The van der Waals surface area contributed by atoms with E-state index >= 15 is 0 Å². The normalized spacial score (nSPS) is 12.0. The van der Waals surface area contributed by atoms with Crippen LogP contribution in [0.3, 0.4) is 0 Å². The van der Waals surface area contributed by atoms with Crippen molar-refractivity contribution >= 4 is 43.4 Å². The number of hydrogen-bond acceptors (Lipinski definition) is 1. The molecule has 0 aliphatic rings. The number of rotatable bonds is 22. The minimum atomic E-state index is -2.45. The van der Waals surface area contributed by atoms with Crippen molar-refractivity contribution in [1.29, 1.82) is 0 Å². The average molecular weight is 668 g/mol. The summed E-state index contributed by atoms with van der Waals surface area (Å²) in [5, 5.41) is 2.75. The van der Waals surface area contributed by atoms with Gasteiger partial charge in [-0.3, -0.25) is 0 Å². The summed E-state index contributed by atoms with van der Waals surface area (Å²) in [6, 6.07) is 19.0. The topological polar surface area (TPSA) is 0 Å². The van der Waals surface area contributed by atoms with E-state index in [2.05, 4.69) is 87.6 Å². The number of aryl methyl sites for hydroxylation is 1. The fourth-order valence-corrected chi connectivity index (χ4v) is 26.9. The van der Waals surface area contributed by atoms with Crippen molar-refractivity contribution in [2.24, 2.45) is 0 Å². The number of benzene rings is 2. The minimum absolute atomic E-state index is 1.27. The number of fused-ring (bicyclic) bond motifs is 1. The van der Waals surface area contributed by atoms with Crippen LogP contribution in [0.1, 0.15) is 136 Å². The van der Waals surface area contributed by atoms with Gasteiger partial charge in [0.05, 0.1) is 0 Å². The van der Waals surface area contributed by atoms with E-state index in [-0.39, 0.29) is 0 Å². The molecule has 0 atom stereocenters. The van der Waals surface area contributed by atoms with Gasteiger partial charge in [-0.2, -0.15) is 0 Å². The molecular weight excluding hydrogens is 607 g/mol. The van der Waals surface area contributed by atoms with Crippen LogP contribution in [0.2, 0.25) is 13.3 Å². The van der Waals surface area contributed by atoms with Gasteiger partial charge in [0.1, 0.15) is 0 Å². The third-order valence-electron chi connectivity index (χ3n) is 9.17. The van der Waals surface area contributed by atoms with Crippen LogP contribution in [0.15, 0.2) is 48.5 Å². The average Bonchev–Trinajstić information content (AvgIpc) is 3.42. The van der Waals surface area contributed by atoms with E-state index in [4.69, 9.17) is 0 Å². The van der Waals surface area contributed by atoms with Crippen LogP contribution in [0.4, 0.5) is 0 Å². The van der Waals surface area contributed by atoms with Gasteiger partial charge in [0.15, 0.2) is 0 Å². The Hall–Kier alpha value is -0.801. The maximum atomic E-state index is 2.79. The molecule has 0 unspecified atom stereocenters. The Labute approximate surface area is 256 Å². The Morgan fingerprint density at radius 1 is 0.525 bits per heavy atom. The first-order chi connectivity index (χ1) is 19.7. The van der Waals surface area contributed by atoms with Crippen LogP contribution >= 0.6 is 11.3 Å². The second kappa shape index (κ2) is 19.4. The molecule has 3 rings (SSSR count). The Morgan fingerprint density at radius 3 is 1.62 bits per heavy atom. The molecule has 0 saturated heterocycles. The molecule has 2 heteroatoms.